The van der Waals surface area contributed by atoms with E-state index in [9.17, 15) is 24.8 Å². The Hall–Kier alpha value is -3.42. The number of nitro benzene ring substituents is 1. The van der Waals surface area contributed by atoms with Gasteiger partial charge in [0.25, 0.3) is 11.6 Å². The number of nitrogens with one attached hydrogen (secondary N) is 1. The fraction of sp³-hybridized carbons (Fsp3) is 0. The Kier molecular flexibility index (Phi) is 4.03. The van der Waals surface area contributed by atoms with Crippen molar-refractivity contribution in [1.82, 2.24) is 0 Å². The van der Waals surface area contributed by atoms with Gasteiger partial charge in [0.1, 0.15) is 5.75 Å². The number of hydrogen-bond acceptors (Lipinski definition) is 5. The molecule has 0 aliphatic rings. The minimum Gasteiger partial charge on any atom is -0.506 e. The molecule has 0 heterocycles. The van der Waals surface area contributed by atoms with Gasteiger partial charge >= 0.3 is 5.97 Å². The predicted molar refractivity (Wildman–Crippen MR) is 76.1 cm³/mol. The quantitative estimate of drug-likeness (QED) is 0.451. The molecule has 2 aromatic carbocycles. The number of anilines is 1. The molecule has 112 valence electrons. The van der Waals surface area contributed by atoms with E-state index in [1.165, 1.54) is 36.4 Å². The van der Waals surface area contributed by atoms with Crippen LogP contribution < -0.4 is 5.32 Å². The number of carbonyl (C=O) groups excluding carboxylic acids is 1. The van der Waals surface area contributed by atoms with Gasteiger partial charge in [-0.05, 0) is 18.2 Å². The van der Waals surface area contributed by atoms with Crippen molar-refractivity contribution in [3.05, 3.63) is 63.7 Å². The standard InChI is InChI=1S/C14H10N2O6/c17-11-6-2-5-10(14(19)20)12(11)15-13(18)8-3-1-4-9(7-8)16(21)22/h1-7,17H,(H,15,18)(H,19,20). The molecule has 8 nitrogen and oxygen atoms in total. The number of rotatable bonds is 4. The maximum absolute atomic E-state index is 12.1. The molecule has 0 aliphatic heterocycles. The third-order valence-corrected chi connectivity index (χ3v) is 2.83. The second kappa shape index (κ2) is 5.92. The molecule has 0 unspecified atom stereocenters. The molecule has 3 N–H and O–H groups in total. The van der Waals surface area contributed by atoms with E-state index >= 15 is 0 Å². The van der Waals surface area contributed by atoms with Gasteiger partial charge in [-0.1, -0.05) is 12.1 Å². The Morgan fingerprint density at radius 3 is 2.45 bits per heavy atom. The second-order valence-electron chi connectivity index (χ2n) is 4.27. The SMILES string of the molecule is O=C(Nc1c(O)cccc1C(=O)O)c1cccc([N+](=O)[O-])c1. The van der Waals surface area contributed by atoms with E-state index in [4.69, 9.17) is 5.11 Å². The number of non-ortho nitro benzene ring substituents is 1. The van der Waals surface area contributed by atoms with Crippen LogP contribution in [0.1, 0.15) is 20.7 Å². The second-order valence-corrected chi connectivity index (χ2v) is 4.27. The van der Waals surface area contributed by atoms with Crippen molar-refractivity contribution in [3.63, 3.8) is 0 Å². The third kappa shape index (κ3) is 3.01. The zero-order valence-corrected chi connectivity index (χ0v) is 11.0. The molecule has 0 aromatic heterocycles. The largest absolute Gasteiger partial charge is 0.506 e. The van der Waals surface area contributed by atoms with Crippen LogP contribution in [-0.2, 0) is 0 Å². The maximum atomic E-state index is 12.1. The summed E-state index contributed by atoms with van der Waals surface area (Å²) in [5.74, 6) is -2.52. The smallest absolute Gasteiger partial charge is 0.337 e. The third-order valence-electron chi connectivity index (χ3n) is 2.83. The molecule has 2 aromatic rings. The number of para-hydroxylation sites is 1. The van der Waals surface area contributed by atoms with Crippen molar-refractivity contribution in [2.45, 2.75) is 0 Å². The Morgan fingerprint density at radius 2 is 1.82 bits per heavy atom. The molecule has 0 radical (unpaired) electrons. The molecule has 0 bridgehead atoms. The summed E-state index contributed by atoms with van der Waals surface area (Å²) in [4.78, 5) is 33.2. The summed E-state index contributed by atoms with van der Waals surface area (Å²) in [5.41, 5.74) is -0.873. The van der Waals surface area contributed by atoms with Gasteiger partial charge in [0.15, 0.2) is 0 Å². The van der Waals surface area contributed by atoms with Crippen LogP contribution in [0.15, 0.2) is 42.5 Å². The lowest BCUT2D eigenvalue weighted by atomic mass is 10.1. The van der Waals surface area contributed by atoms with Gasteiger partial charge in [-0.2, -0.15) is 0 Å². The average molecular weight is 302 g/mol. The number of phenols is 1. The van der Waals surface area contributed by atoms with Crippen LogP contribution in [0.25, 0.3) is 0 Å². The number of nitro groups is 1. The average Bonchev–Trinajstić information content (AvgIpc) is 2.49. The number of benzene rings is 2. The van der Waals surface area contributed by atoms with Crippen LogP contribution >= 0.6 is 0 Å². The first-order chi connectivity index (χ1) is 10.4. The van der Waals surface area contributed by atoms with E-state index in [0.717, 1.165) is 6.07 Å². The number of aromatic carboxylic acids is 1. The molecule has 8 heteroatoms. The van der Waals surface area contributed by atoms with Crippen molar-refractivity contribution in [3.8, 4) is 5.75 Å². The summed E-state index contributed by atoms with van der Waals surface area (Å²) >= 11 is 0. The normalized spacial score (nSPS) is 10.0. The van der Waals surface area contributed by atoms with Gasteiger partial charge in [-0.3, -0.25) is 14.9 Å². The Balaban J connectivity index is 2.36. The van der Waals surface area contributed by atoms with Gasteiger partial charge in [-0.25, -0.2) is 4.79 Å². The molecule has 1 amide bonds. The first-order valence-corrected chi connectivity index (χ1v) is 6.01. The summed E-state index contributed by atoms with van der Waals surface area (Å²) in [5, 5.41) is 31.7. The van der Waals surface area contributed by atoms with E-state index in [2.05, 4.69) is 5.32 Å². The molecule has 0 aliphatic carbocycles. The number of carbonyl (C=O) groups is 2. The number of phenolic OH excluding ortho intramolecular Hbond substituents is 1. The number of nitrogens with zero attached hydrogens (tertiary/aromatic N) is 1. The van der Waals surface area contributed by atoms with E-state index < -0.39 is 22.5 Å². The molecule has 2 rings (SSSR count). The highest BCUT2D eigenvalue weighted by Crippen LogP contribution is 2.28. The zero-order valence-electron chi connectivity index (χ0n) is 11.0. The number of amides is 1. The van der Waals surface area contributed by atoms with Crippen LogP contribution in [0.2, 0.25) is 0 Å². The monoisotopic (exact) mass is 302 g/mol. The molecule has 22 heavy (non-hydrogen) atoms. The van der Waals surface area contributed by atoms with Crippen molar-refractivity contribution in [1.29, 1.82) is 0 Å². The highest BCUT2D eigenvalue weighted by Gasteiger charge is 2.18. The lowest BCUT2D eigenvalue weighted by Crippen LogP contribution is -2.15. The van der Waals surface area contributed by atoms with E-state index in [-0.39, 0.29) is 22.5 Å². The van der Waals surface area contributed by atoms with Crippen molar-refractivity contribution >= 4 is 23.3 Å². The van der Waals surface area contributed by atoms with Crippen molar-refractivity contribution in [2.75, 3.05) is 5.32 Å². The maximum Gasteiger partial charge on any atom is 0.337 e. The number of hydrogen-bond donors (Lipinski definition) is 3. The highest BCUT2D eigenvalue weighted by atomic mass is 16.6. The predicted octanol–water partition coefficient (Wildman–Crippen LogP) is 2.25. The van der Waals surface area contributed by atoms with Gasteiger partial charge < -0.3 is 15.5 Å². The minimum atomic E-state index is -1.33. The van der Waals surface area contributed by atoms with Gasteiger partial charge in [-0.15, -0.1) is 0 Å². The minimum absolute atomic E-state index is 0.0335. The fourth-order valence-electron chi connectivity index (χ4n) is 1.80. The number of carboxylic acids is 1. The van der Waals surface area contributed by atoms with Crippen LogP contribution in [0.4, 0.5) is 11.4 Å². The Labute approximate surface area is 123 Å². The Bertz CT molecular complexity index is 772. The first-order valence-electron chi connectivity index (χ1n) is 6.01. The van der Waals surface area contributed by atoms with Gasteiger partial charge in [0.2, 0.25) is 0 Å². The van der Waals surface area contributed by atoms with Crippen LogP contribution in [0.3, 0.4) is 0 Å². The molecule has 0 spiro atoms. The molecule has 0 saturated heterocycles. The van der Waals surface area contributed by atoms with Crippen LogP contribution in [-0.4, -0.2) is 27.0 Å². The summed E-state index contributed by atoms with van der Waals surface area (Å²) in [6.45, 7) is 0. The summed E-state index contributed by atoms with van der Waals surface area (Å²) in [6, 6.07) is 8.69. The molecule has 0 fully saturated rings. The van der Waals surface area contributed by atoms with Gasteiger partial charge in [0, 0.05) is 17.7 Å². The van der Waals surface area contributed by atoms with Gasteiger partial charge in [0.05, 0.1) is 16.2 Å². The zero-order chi connectivity index (χ0) is 16.3. The van der Waals surface area contributed by atoms with Crippen molar-refractivity contribution < 1.29 is 24.7 Å². The lowest BCUT2D eigenvalue weighted by Gasteiger charge is -2.10. The van der Waals surface area contributed by atoms with Crippen LogP contribution in [0, 0.1) is 10.1 Å². The van der Waals surface area contributed by atoms with Crippen molar-refractivity contribution in [2.24, 2.45) is 0 Å². The highest BCUT2D eigenvalue weighted by molar-refractivity contribution is 6.09. The first kappa shape index (κ1) is 15.0. The van der Waals surface area contributed by atoms with E-state index in [1.807, 2.05) is 0 Å². The van der Waals surface area contributed by atoms with E-state index in [1.54, 1.807) is 0 Å². The fourth-order valence-corrected chi connectivity index (χ4v) is 1.80. The summed E-state index contributed by atoms with van der Waals surface area (Å²) < 4.78 is 0. The number of carboxylic acid groups (broad SMARTS) is 1. The van der Waals surface area contributed by atoms with Crippen LogP contribution in [0.5, 0.6) is 5.75 Å². The molecular weight excluding hydrogens is 292 g/mol. The number of aromatic hydroxyl groups is 1. The van der Waals surface area contributed by atoms with E-state index in [0.29, 0.717) is 0 Å². The lowest BCUT2D eigenvalue weighted by molar-refractivity contribution is -0.384. The molecule has 0 atom stereocenters. The molecule has 0 saturated carbocycles. The molecular formula is C14H10N2O6. The summed E-state index contributed by atoms with van der Waals surface area (Å²) in [7, 11) is 0. The topological polar surface area (TPSA) is 130 Å². The summed E-state index contributed by atoms with van der Waals surface area (Å²) in [6.07, 6.45) is 0. The Morgan fingerprint density at radius 1 is 1.14 bits per heavy atom.